The van der Waals surface area contributed by atoms with E-state index in [0.29, 0.717) is 6.54 Å². The maximum absolute atomic E-state index is 11.7. The number of piperidine rings is 1. The molecule has 0 aliphatic carbocycles. The summed E-state index contributed by atoms with van der Waals surface area (Å²) in [4.78, 5) is 22.4. The molecule has 0 saturated carbocycles. The van der Waals surface area contributed by atoms with E-state index in [4.69, 9.17) is 16.3 Å². The van der Waals surface area contributed by atoms with E-state index in [-0.39, 0.29) is 17.2 Å². The number of methoxy groups -OCH3 is 1. The predicted octanol–water partition coefficient (Wildman–Crippen LogP) is 2.73. The minimum absolute atomic E-state index is 0.0995. The zero-order valence-electron chi connectivity index (χ0n) is 11.0. The van der Waals surface area contributed by atoms with Crippen LogP contribution in [0.3, 0.4) is 0 Å². The molecule has 1 aliphatic heterocycles. The van der Waals surface area contributed by atoms with Crippen LogP contribution in [0, 0.1) is 5.92 Å². The minimum atomic E-state index is -0.155. The van der Waals surface area contributed by atoms with Gasteiger partial charge < -0.3 is 9.64 Å². The number of carbonyl (C=O) groups excluding carboxylic acids is 1. The Labute approximate surface area is 125 Å². The monoisotopic (exact) mass is 311 g/mol. The zero-order valence-corrected chi connectivity index (χ0v) is 12.6. The van der Waals surface area contributed by atoms with Gasteiger partial charge in [0.1, 0.15) is 0 Å². The van der Waals surface area contributed by atoms with E-state index in [1.165, 1.54) is 7.11 Å². The Bertz CT molecular complexity index is 646. The van der Waals surface area contributed by atoms with E-state index in [0.717, 1.165) is 35.4 Å². The maximum Gasteiger partial charge on any atom is 0.310 e. The van der Waals surface area contributed by atoms with Crippen LogP contribution >= 0.6 is 22.9 Å². The number of carbonyl (C=O) groups is 1. The van der Waals surface area contributed by atoms with Gasteiger partial charge in [-0.2, -0.15) is 4.98 Å². The average molecular weight is 312 g/mol. The molecule has 2 aromatic heterocycles. The summed E-state index contributed by atoms with van der Waals surface area (Å²) in [6, 6.07) is 1.93. The fraction of sp³-hybridized carbons (Fsp3) is 0.462. The average Bonchev–Trinajstić information content (AvgIpc) is 2.93. The van der Waals surface area contributed by atoms with Gasteiger partial charge in [-0.15, -0.1) is 11.3 Å². The van der Waals surface area contributed by atoms with Crippen LogP contribution in [-0.2, 0) is 9.53 Å². The third-order valence-corrected chi connectivity index (χ3v) is 4.58. The number of hydrogen-bond acceptors (Lipinski definition) is 6. The van der Waals surface area contributed by atoms with Crippen molar-refractivity contribution in [1.82, 2.24) is 9.97 Å². The summed E-state index contributed by atoms with van der Waals surface area (Å²) in [6.45, 7) is 1.49. The second-order valence-corrected chi connectivity index (χ2v) is 6.01. The number of rotatable bonds is 2. The molecule has 1 saturated heterocycles. The van der Waals surface area contributed by atoms with Gasteiger partial charge >= 0.3 is 5.97 Å². The quantitative estimate of drug-likeness (QED) is 0.630. The first-order valence-corrected chi connectivity index (χ1v) is 7.68. The van der Waals surface area contributed by atoms with Crippen molar-refractivity contribution >= 4 is 44.9 Å². The Morgan fingerprint density at radius 3 is 3.20 bits per heavy atom. The van der Waals surface area contributed by atoms with E-state index >= 15 is 0 Å². The second-order valence-electron chi connectivity index (χ2n) is 4.76. The van der Waals surface area contributed by atoms with Crippen LogP contribution < -0.4 is 4.90 Å². The van der Waals surface area contributed by atoms with Crippen molar-refractivity contribution in [2.75, 3.05) is 25.1 Å². The van der Waals surface area contributed by atoms with Crippen LogP contribution in [0.2, 0.25) is 5.28 Å². The van der Waals surface area contributed by atoms with E-state index in [2.05, 4.69) is 14.9 Å². The first-order valence-electron chi connectivity index (χ1n) is 6.42. The summed E-state index contributed by atoms with van der Waals surface area (Å²) in [6.07, 6.45) is 1.80. The van der Waals surface area contributed by atoms with E-state index < -0.39 is 0 Å². The Kier molecular flexibility index (Phi) is 3.76. The van der Waals surface area contributed by atoms with Crippen molar-refractivity contribution in [2.45, 2.75) is 12.8 Å². The SMILES string of the molecule is COC(=O)C1CCCN(c2nc(Cl)nc3ccsc23)C1. The molecule has 0 radical (unpaired) electrons. The molecular formula is C13H14ClN3O2S. The number of nitrogens with zero attached hydrogens (tertiary/aromatic N) is 3. The lowest BCUT2D eigenvalue weighted by molar-refractivity contribution is -0.145. The predicted molar refractivity (Wildman–Crippen MR) is 79.4 cm³/mol. The van der Waals surface area contributed by atoms with E-state index in [1.54, 1.807) is 11.3 Å². The highest BCUT2D eigenvalue weighted by Crippen LogP contribution is 2.32. The third kappa shape index (κ3) is 2.45. The molecular weight excluding hydrogens is 298 g/mol. The van der Waals surface area contributed by atoms with Gasteiger partial charge in [-0.05, 0) is 35.9 Å². The number of ether oxygens (including phenoxy) is 1. The van der Waals surface area contributed by atoms with Crippen LogP contribution in [0.5, 0.6) is 0 Å². The van der Waals surface area contributed by atoms with Gasteiger partial charge in [-0.3, -0.25) is 4.79 Å². The number of thiophene rings is 1. The number of anilines is 1. The van der Waals surface area contributed by atoms with Crippen molar-refractivity contribution in [3.05, 3.63) is 16.7 Å². The van der Waals surface area contributed by atoms with Gasteiger partial charge in [-0.25, -0.2) is 4.98 Å². The lowest BCUT2D eigenvalue weighted by Crippen LogP contribution is -2.39. The van der Waals surface area contributed by atoms with Gasteiger partial charge in [0, 0.05) is 13.1 Å². The molecule has 1 aliphatic rings. The van der Waals surface area contributed by atoms with Gasteiger partial charge in [0.15, 0.2) is 5.82 Å². The van der Waals surface area contributed by atoms with Gasteiger partial charge in [0.2, 0.25) is 5.28 Å². The zero-order chi connectivity index (χ0) is 14.1. The molecule has 0 aromatic carbocycles. The number of halogens is 1. The van der Waals surface area contributed by atoms with Crippen molar-refractivity contribution in [3.8, 4) is 0 Å². The Morgan fingerprint density at radius 1 is 1.55 bits per heavy atom. The summed E-state index contributed by atoms with van der Waals surface area (Å²) in [5.41, 5.74) is 0.852. The molecule has 3 rings (SSSR count). The van der Waals surface area contributed by atoms with Crippen LogP contribution in [0.1, 0.15) is 12.8 Å². The third-order valence-electron chi connectivity index (χ3n) is 3.51. The second kappa shape index (κ2) is 5.54. The molecule has 20 heavy (non-hydrogen) atoms. The topological polar surface area (TPSA) is 55.3 Å². The number of aromatic nitrogens is 2. The summed E-state index contributed by atoms with van der Waals surface area (Å²) in [5.74, 6) is 0.568. The first-order chi connectivity index (χ1) is 9.69. The molecule has 5 nitrogen and oxygen atoms in total. The molecule has 106 valence electrons. The lowest BCUT2D eigenvalue weighted by Gasteiger charge is -2.32. The number of fused-ring (bicyclic) bond motifs is 1. The fourth-order valence-electron chi connectivity index (χ4n) is 2.56. The lowest BCUT2D eigenvalue weighted by atomic mass is 9.98. The fourth-order valence-corrected chi connectivity index (χ4v) is 3.58. The van der Waals surface area contributed by atoms with Gasteiger partial charge in [0.25, 0.3) is 0 Å². The van der Waals surface area contributed by atoms with Crippen molar-refractivity contribution in [1.29, 1.82) is 0 Å². The highest BCUT2D eigenvalue weighted by Gasteiger charge is 2.28. The Morgan fingerprint density at radius 2 is 2.40 bits per heavy atom. The highest BCUT2D eigenvalue weighted by atomic mass is 35.5. The van der Waals surface area contributed by atoms with Crippen LogP contribution in [0.25, 0.3) is 10.2 Å². The normalized spacial score (nSPS) is 19.3. The summed E-state index contributed by atoms with van der Waals surface area (Å²) < 4.78 is 5.86. The number of hydrogen-bond donors (Lipinski definition) is 0. The van der Waals surface area contributed by atoms with Crippen molar-refractivity contribution in [2.24, 2.45) is 5.92 Å². The molecule has 0 N–H and O–H groups in total. The van der Waals surface area contributed by atoms with Crippen LogP contribution in [-0.4, -0.2) is 36.1 Å². The summed E-state index contributed by atoms with van der Waals surface area (Å²) in [7, 11) is 1.43. The molecule has 1 unspecified atom stereocenters. The molecule has 0 bridgehead atoms. The Balaban J connectivity index is 1.94. The minimum Gasteiger partial charge on any atom is -0.469 e. The number of esters is 1. The smallest absolute Gasteiger partial charge is 0.310 e. The van der Waals surface area contributed by atoms with Gasteiger partial charge in [0.05, 0.1) is 23.2 Å². The standard InChI is InChI=1S/C13H14ClN3O2S/c1-19-12(18)8-3-2-5-17(7-8)11-10-9(4-6-20-10)15-13(14)16-11/h4,6,8H,2-3,5,7H2,1H3. The van der Waals surface area contributed by atoms with Crippen molar-refractivity contribution in [3.63, 3.8) is 0 Å². The molecule has 3 heterocycles. The van der Waals surface area contributed by atoms with Gasteiger partial charge in [-0.1, -0.05) is 0 Å². The summed E-state index contributed by atoms with van der Waals surface area (Å²) in [5, 5.41) is 2.21. The van der Waals surface area contributed by atoms with E-state index in [1.807, 2.05) is 11.4 Å². The molecule has 0 amide bonds. The molecule has 2 aromatic rings. The molecule has 0 spiro atoms. The highest BCUT2D eigenvalue weighted by molar-refractivity contribution is 7.17. The van der Waals surface area contributed by atoms with E-state index in [9.17, 15) is 4.79 Å². The first kappa shape index (κ1) is 13.6. The molecule has 1 atom stereocenters. The van der Waals surface area contributed by atoms with Crippen LogP contribution in [0.15, 0.2) is 11.4 Å². The molecule has 7 heteroatoms. The summed E-state index contributed by atoms with van der Waals surface area (Å²) >= 11 is 7.58. The largest absolute Gasteiger partial charge is 0.469 e. The molecule has 1 fully saturated rings. The maximum atomic E-state index is 11.7. The van der Waals surface area contributed by atoms with Crippen LogP contribution in [0.4, 0.5) is 5.82 Å². The van der Waals surface area contributed by atoms with Crippen molar-refractivity contribution < 1.29 is 9.53 Å². The Hall–Kier alpha value is -1.40.